The van der Waals surface area contributed by atoms with Crippen molar-refractivity contribution in [1.29, 1.82) is 0 Å². The van der Waals surface area contributed by atoms with Crippen LogP contribution in [0.25, 0.3) is 0 Å². The molecule has 1 aliphatic heterocycles. The number of esters is 1. The third kappa shape index (κ3) is 2.61. The Hall–Kier alpha value is -2.19. The fourth-order valence-corrected chi connectivity index (χ4v) is 4.50. The fraction of sp³-hybridized carbons (Fsp3) is 0.375. The van der Waals surface area contributed by atoms with Gasteiger partial charge in [-0.1, -0.05) is 0 Å². The molecular weight excluding hydrogens is 330 g/mol. The molecule has 0 fully saturated rings. The molecule has 0 aliphatic carbocycles. The normalized spacial score (nSPS) is 14.6. The highest BCUT2D eigenvalue weighted by atomic mass is 32.2. The highest BCUT2D eigenvalue weighted by molar-refractivity contribution is 7.89. The Balaban J connectivity index is 1.97. The zero-order chi connectivity index (χ0) is 17.5. The van der Waals surface area contributed by atoms with Crippen LogP contribution in [-0.4, -0.2) is 34.9 Å². The van der Waals surface area contributed by atoms with E-state index in [0.29, 0.717) is 12.2 Å². The maximum absolute atomic E-state index is 13.0. The summed E-state index contributed by atoms with van der Waals surface area (Å²) in [5.41, 5.74) is 2.59. The van der Waals surface area contributed by atoms with Crippen LogP contribution < -0.4 is 0 Å². The zero-order valence-corrected chi connectivity index (χ0v) is 14.6. The van der Waals surface area contributed by atoms with Crippen LogP contribution in [0.15, 0.2) is 29.4 Å². The minimum Gasteiger partial charge on any atom is -0.461 e. The van der Waals surface area contributed by atoms with Crippen LogP contribution in [0, 0.1) is 6.92 Å². The SMILES string of the molecule is CCOC(=O)c1cc(S(=O)(=O)N2Cc3ccncc3C2)c(C)n1C. The number of aromatic nitrogens is 2. The van der Waals surface area contributed by atoms with Crippen molar-refractivity contribution in [3.05, 3.63) is 47.0 Å². The van der Waals surface area contributed by atoms with Crippen LogP contribution >= 0.6 is 0 Å². The second kappa shape index (κ2) is 6.03. The molecule has 0 N–H and O–H groups in total. The largest absolute Gasteiger partial charge is 0.461 e. The monoisotopic (exact) mass is 349 g/mol. The van der Waals surface area contributed by atoms with Crippen molar-refractivity contribution in [3.8, 4) is 0 Å². The van der Waals surface area contributed by atoms with Crippen molar-refractivity contribution in [2.75, 3.05) is 6.61 Å². The number of nitrogens with zero attached hydrogens (tertiary/aromatic N) is 3. The van der Waals surface area contributed by atoms with Crippen molar-refractivity contribution >= 4 is 16.0 Å². The lowest BCUT2D eigenvalue weighted by atomic mass is 10.2. The van der Waals surface area contributed by atoms with Crippen LogP contribution in [0.1, 0.15) is 34.2 Å². The van der Waals surface area contributed by atoms with Crippen LogP contribution in [0.4, 0.5) is 0 Å². The first kappa shape index (κ1) is 16.7. The summed E-state index contributed by atoms with van der Waals surface area (Å²) in [7, 11) is -2.05. The van der Waals surface area contributed by atoms with E-state index in [9.17, 15) is 13.2 Å². The smallest absolute Gasteiger partial charge is 0.354 e. The van der Waals surface area contributed by atoms with E-state index in [1.807, 2.05) is 6.07 Å². The molecule has 2 aromatic rings. The molecular formula is C16H19N3O4S. The highest BCUT2D eigenvalue weighted by Crippen LogP contribution is 2.30. The number of pyridine rings is 1. The highest BCUT2D eigenvalue weighted by Gasteiger charge is 2.34. The summed E-state index contributed by atoms with van der Waals surface area (Å²) in [4.78, 5) is 16.2. The van der Waals surface area contributed by atoms with Crippen molar-refractivity contribution in [3.63, 3.8) is 0 Å². The number of hydrogen-bond donors (Lipinski definition) is 0. The molecule has 0 unspecified atom stereocenters. The van der Waals surface area contributed by atoms with E-state index in [0.717, 1.165) is 11.1 Å². The number of ether oxygens (including phenoxy) is 1. The topological polar surface area (TPSA) is 81.5 Å². The Labute approximate surface area is 140 Å². The average molecular weight is 349 g/mol. The molecule has 0 atom stereocenters. The molecule has 0 aromatic carbocycles. The van der Waals surface area contributed by atoms with Crippen molar-refractivity contribution in [2.45, 2.75) is 31.8 Å². The lowest BCUT2D eigenvalue weighted by molar-refractivity contribution is 0.0515. The predicted molar refractivity (Wildman–Crippen MR) is 86.8 cm³/mol. The van der Waals surface area contributed by atoms with Crippen LogP contribution in [0.3, 0.4) is 0 Å². The van der Waals surface area contributed by atoms with E-state index < -0.39 is 16.0 Å². The second-order valence-corrected chi connectivity index (χ2v) is 7.58. The van der Waals surface area contributed by atoms with Crippen molar-refractivity contribution in [2.24, 2.45) is 7.05 Å². The number of rotatable bonds is 4. The molecule has 0 amide bonds. The van der Waals surface area contributed by atoms with Gasteiger partial charge in [-0.15, -0.1) is 0 Å². The van der Waals surface area contributed by atoms with Gasteiger partial charge in [0.1, 0.15) is 10.6 Å². The van der Waals surface area contributed by atoms with Gasteiger partial charge in [-0.05, 0) is 37.1 Å². The van der Waals surface area contributed by atoms with Gasteiger partial charge in [0.25, 0.3) is 0 Å². The maximum Gasteiger partial charge on any atom is 0.354 e. The van der Waals surface area contributed by atoms with Gasteiger partial charge in [0.2, 0.25) is 10.0 Å². The number of carbonyl (C=O) groups excluding carboxylic acids is 1. The summed E-state index contributed by atoms with van der Waals surface area (Å²) in [5, 5.41) is 0. The summed E-state index contributed by atoms with van der Waals surface area (Å²) in [6.45, 7) is 4.22. The maximum atomic E-state index is 13.0. The van der Waals surface area contributed by atoms with E-state index in [4.69, 9.17) is 4.74 Å². The van der Waals surface area contributed by atoms with E-state index in [1.54, 1.807) is 37.9 Å². The van der Waals surface area contributed by atoms with E-state index >= 15 is 0 Å². The molecule has 2 aromatic heterocycles. The zero-order valence-electron chi connectivity index (χ0n) is 13.8. The molecule has 3 heterocycles. The van der Waals surface area contributed by atoms with Crippen LogP contribution in [0.5, 0.6) is 0 Å². The van der Waals surface area contributed by atoms with Gasteiger partial charge in [-0.2, -0.15) is 4.31 Å². The summed E-state index contributed by atoms with van der Waals surface area (Å²) in [6.07, 6.45) is 3.34. The molecule has 0 spiro atoms. The van der Waals surface area contributed by atoms with Gasteiger partial charge in [0.15, 0.2) is 0 Å². The third-order valence-electron chi connectivity index (χ3n) is 4.29. The quantitative estimate of drug-likeness (QED) is 0.783. The van der Waals surface area contributed by atoms with Gasteiger partial charge in [-0.25, -0.2) is 13.2 Å². The first-order chi connectivity index (χ1) is 11.4. The molecule has 0 radical (unpaired) electrons. The average Bonchev–Trinajstić information content (AvgIpc) is 3.11. The predicted octanol–water partition coefficient (Wildman–Crippen LogP) is 1.61. The second-order valence-electron chi connectivity index (χ2n) is 5.68. The molecule has 0 saturated heterocycles. The minimum atomic E-state index is -3.71. The number of fused-ring (bicyclic) bond motifs is 1. The summed E-state index contributed by atoms with van der Waals surface area (Å²) < 4.78 is 34.0. The summed E-state index contributed by atoms with van der Waals surface area (Å²) >= 11 is 0. The number of hydrogen-bond acceptors (Lipinski definition) is 5. The first-order valence-electron chi connectivity index (χ1n) is 7.61. The first-order valence-corrected chi connectivity index (χ1v) is 9.05. The molecule has 128 valence electrons. The Morgan fingerprint density at radius 3 is 2.71 bits per heavy atom. The Morgan fingerprint density at radius 2 is 2.04 bits per heavy atom. The van der Waals surface area contributed by atoms with Gasteiger partial charge in [0, 0.05) is 38.2 Å². The molecule has 24 heavy (non-hydrogen) atoms. The molecule has 1 aliphatic rings. The molecule has 3 rings (SSSR count). The van der Waals surface area contributed by atoms with Gasteiger partial charge >= 0.3 is 5.97 Å². The van der Waals surface area contributed by atoms with Crippen LogP contribution in [-0.2, 0) is 34.9 Å². The van der Waals surface area contributed by atoms with Gasteiger partial charge in [0.05, 0.1) is 6.61 Å². The van der Waals surface area contributed by atoms with E-state index in [-0.39, 0.29) is 23.7 Å². The standard InChI is InChI=1S/C16H19N3O4S/c1-4-23-16(20)14-7-15(11(2)18(14)3)24(21,22)19-9-12-5-6-17-8-13(12)10-19/h5-8H,4,9-10H2,1-3H3. The van der Waals surface area contributed by atoms with Crippen LogP contribution in [0.2, 0.25) is 0 Å². The minimum absolute atomic E-state index is 0.133. The fourth-order valence-electron chi connectivity index (χ4n) is 2.83. The molecule has 0 bridgehead atoms. The van der Waals surface area contributed by atoms with Crippen molar-refractivity contribution < 1.29 is 17.9 Å². The van der Waals surface area contributed by atoms with E-state index in [2.05, 4.69) is 4.98 Å². The van der Waals surface area contributed by atoms with Gasteiger partial charge in [-0.3, -0.25) is 4.98 Å². The van der Waals surface area contributed by atoms with Gasteiger partial charge < -0.3 is 9.30 Å². The number of sulfonamides is 1. The summed E-state index contributed by atoms with van der Waals surface area (Å²) in [5.74, 6) is -0.529. The molecule has 7 nitrogen and oxygen atoms in total. The Kier molecular flexibility index (Phi) is 4.18. The lowest BCUT2D eigenvalue weighted by Gasteiger charge is -2.15. The molecule has 8 heteroatoms. The van der Waals surface area contributed by atoms with E-state index in [1.165, 1.54) is 10.4 Å². The summed E-state index contributed by atoms with van der Waals surface area (Å²) in [6, 6.07) is 3.22. The third-order valence-corrected chi connectivity index (χ3v) is 6.20. The Morgan fingerprint density at radius 1 is 1.33 bits per heavy atom. The van der Waals surface area contributed by atoms with Crippen molar-refractivity contribution in [1.82, 2.24) is 13.9 Å². The number of carbonyl (C=O) groups is 1. The Bertz CT molecular complexity index is 877. The lowest BCUT2D eigenvalue weighted by Crippen LogP contribution is -2.26. The molecule has 0 saturated carbocycles.